The quantitative estimate of drug-likeness (QED) is 0.772. The molecule has 0 heterocycles. The zero-order valence-electron chi connectivity index (χ0n) is 12.1. The molecule has 0 fully saturated rings. The number of carboxylic acids is 3. The normalized spacial score (nSPS) is 8.33. The van der Waals surface area contributed by atoms with Crippen LogP contribution in [0.3, 0.4) is 0 Å². The van der Waals surface area contributed by atoms with Crippen LogP contribution in [0.1, 0.15) is 31.1 Å². The summed E-state index contributed by atoms with van der Waals surface area (Å²) in [5.74, 6) is -3.01. The molecule has 0 spiro atoms. The SMILES string of the molecule is O=C(O)c1ccc(C(=O)O)cc1.O=C(O)c1ccccc1.O=C=O. The van der Waals surface area contributed by atoms with Crippen LogP contribution in [0.4, 0.5) is 0 Å². The van der Waals surface area contributed by atoms with Crippen molar-refractivity contribution < 1.29 is 39.3 Å². The molecule has 0 radical (unpaired) electrons. The van der Waals surface area contributed by atoms with Gasteiger partial charge in [-0.3, -0.25) is 0 Å². The molecule has 2 aromatic carbocycles. The van der Waals surface area contributed by atoms with Crippen LogP contribution in [-0.4, -0.2) is 39.4 Å². The number of hydrogen-bond donors (Lipinski definition) is 3. The highest BCUT2D eigenvalue weighted by Gasteiger charge is 2.04. The number of hydrogen-bond acceptors (Lipinski definition) is 5. The fourth-order valence-corrected chi connectivity index (χ4v) is 1.34. The van der Waals surface area contributed by atoms with Crippen molar-refractivity contribution in [1.29, 1.82) is 0 Å². The Morgan fingerprint density at radius 1 is 0.583 bits per heavy atom. The van der Waals surface area contributed by atoms with E-state index in [1.807, 2.05) is 0 Å². The summed E-state index contributed by atoms with van der Waals surface area (Å²) < 4.78 is 0. The summed E-state index contributed by atoms with van der Waals surface area (Å²) >= 11 is 0. The van der Waals surface area contributed by atoms with E-state index in [1.54, 1.807) is 30.3 Å². The second kappa shape index (κ2) is 10.9. The minimum atomic E-state index is -1.06. The summed E-state index contributed by atoms with van der Waals surface area (Å²) in [4.78, 5) is 47.1. The van der Waals surface area contributed by atoms with Crippen LogP contribution in [0.2, 0.25) is 0 Å². The van der Waals surface area contributed by atoms with E-state index in [-0.39, 0.29) is 17.3 Å². The highest BCUT2D eigenvalue weighted by molar-refractivity contribution is 5.91. The first kappa shape index (κ1) is 20.2. The second-order valence-corrected chi connectivity index (χ2v) is 3.94. The largest absolute Gasteiger partial charge is 0.478 e. The van der Waals surface area contributed by atoms with E-state index >= 15 is 0 Å². The Bertz CT molecular complexity index is 681. The summed E-state index contributed by atoms with van der Waals surface area (Å²) in [5.41, 5.74) is 0.498. The van der Waals surface area contributed by atoms with E-state index in [1.165, 1.54) is 24.3 Å². The molecule has 2 aromatic rings. The van der Waals surface area contributed by atoms with Crippen molar-refractivity contribution in [3.05, 3.63) is 71.3 Å². The van der Waals surface area contributed by atoms with Crippen LogP contribution in [-0.2, 0) is 9.59 Å². The first-order valence-corrected chi connectivity index (χ1v) is 6.17. The lowest BCUT2D eigenvalue weighted by Crippen LogP contribution is -1.99. The van der Waals surface area contributed by atoms with Crippen molar-refractivity contribution >= 4 is 24.1 Å². The Hall–Kier alpha value is -3.77. The standard InChI is InChI=1S/C8H6O4.C7H6O2.CO2/c9-7(10)5-1-2-6(4-3-5)8(11)12;8-7(9)6-4-2-1-3-5-6;2-1-3/h1-4H,(H,9,10)(H,11,12);1-5H,(H,8,9);. The molecule has 2 rings (SSSR count). The fraction of sp³-hybridized carbons (Fsp3) is 0. The maximum Gasteiger partial charge on any atom is 0.373 e. The lowest BCUT2D eigenvalue weighted by Gasteiger charge is -1.94. The van der Waals surface area contributed by atoms with Gasteiger partial charge in [-0.1, -0.05) is 18.2 Å². The maximum atomic E-state index is 10.3. The van der Waals surface area contributed by atoms with Gasteiger partial charge >= 0.3 is 24.1 Å². The summed E-state index contributed by atoms with van der Waals surface area (Å²) in [6, 6.07) is 13.3. The monoisotopic (exact) mass is 332 g/mol. The van der Waals surface area contributed by atoms with Gasteiger partial charge in [-0.15, -0.1) is 0 Å². The molecular weight excluding hydrogens is 320 g/mol. The zero-order chi connectivity index (χ0) is 18.5. The highest BCUT2D eigenvalue weighted by atomic mass is 16.4. The third kappa shape index (κ3) is 7.87. The van der Waals surface area contributed by atoms with E-state index in [0.29, 0.717) is 5.56 Å². The summed E-state index contributed by atoms with van der Waals surface area (Å²) in [7, 11) is 0. The second-order valence-electron chi connectivity index (χ2n) is 3.94. The molecule has 24 heavy (non-hydrogen) atoms. The lowest BCUT2D eigenvalue weighted by atomic mass is 10.1. The average molecular weight is 332 g/mol. The molecule has 8 heteroatoms. The lowest BCUT2D eigenvalue weighted by molar-refractivity contribution is -0.191. The topological polar surface area (TPSA) is 146 Å². The Morgan fingerprint density at radius 2 is 0.833 bits per heavy atom. The molecular formula is C16H12O8. The Balaban J connectivity index is 0.000000390. The van der Waals surface area contributed by atoms with Crippen LogP contribution in [0.15, 0.2) is 54.6 Å². The summed E-state index contributed by atoms with van der Waals surface area (Å²) in [6.07, 6.45) is 0.250. The molecule has 0 aliphatic carbocycles. The van der Waals surface area contributed by atoms with Gasteiger partial charge in [0.15, 0.2) is 0 Å². The van der Waals surface area contributed by atoms with Crippen LogP contribution >= 0.6 is 0 Å². The minimum absolute atomic E-state index is 0.0833. The maximum absolute atomic E-state index is 10.3. The predicted molar refractivity (Wildman–Crippen MR) is 78.8 cm³/mol. The molecule has 0 saturated carbocycles. The highest BCUT2D eigenvalue weighted by Crippen LogP contribution is 2.03. The number of benzene rings is 2. The van der Waals surface area contributed by atoms with Gasteiger partial charge in [0.2, 0.25) is 0 Å². The van der Waals surface area contributed by atoms with Crippen molar-refractivity contribution in [3.63, 3.8) is 0 Å². The van der Waals surface area contributed by atoms with Gasteiger partial charge in [0.05, 0.1) is 16.7 Å². The third-order valence-electron chi connectivity index (χ3n) is 2.40. The molecule has 0 saturated heterocycles. The number of carboxylic acid groups (broad SMARTS) is 3. The summed E-state index contributed by atoms with van der Waals surface area (Å²) in [6.45, 7) is 0. The van der Waals surface area contributed by atoms with Gasteiger partial charge in [-0.25, -0.2) is 14.4 Å². The van der Waals surface area contributed by atoms with E-state index < -0.39 is 17.9 Å². The Labute approximate surface area is 135 Å². The van der Waals surface area contributed by atoms with Crippen molar-refractivity contribution in [3.8, 4) is 0 Å². The zero-order valence-corrected chi connectivity index (χ0v) is 12.1. The number of carbonyl (C=O) groups excluding carboxylic acids is 2. The smallest absolute Gasteiger partial charge is 0.373 e. The molecule has 0 unspecified atom stereocenters. The summed E-state index contributed by atoms with van der Waals surface area (Å²) in [5, 5.41) is 25.3. The van der Waals surface area contributed by atoms with E-state index in [4.69, 9.17) is 24.9 Å². The van der Waals surface area contributed by atoms with E-state index in [9.17, 15) is 14.4 Å². The van der Waals surface area contributed by atoms with Gasteiger partial charge in [0, 0.05) is 0 Å². The van der Waals surface area contributed by atoms with Gasteiger partial charge in [0.25, 0.3) is 0 Å². The Morgan fingerprint density at radius 3 is 1.04 bits per heavy atom. The van der Waals surface area contributed by atoms with Crippen LogP contribution < -0.4 is 0 Å². The van der Waals surface area contributed by atoms with E-state index in [0.717, 1.165) is 0 Å². The van der Waals surface area contributed by atoms with Gasteiger partial charge in [0.1, 0.15) is 0 Å². The molecule has 0 aromatic heterocycles. The van der Waals surface area contributed by atoms with Gasteiger partial charge < -0.3 is 15.3 Å². The molecule has 124 valence electrons. The van der Waals surface area contributed by atoms with E-state index in [2.05, 4.69) is 0 Å². The third-order valence-corrected chi connectivity index (χ3v) is 2.40. The van der Waals surface area contributed by atoms with Crippen LogP contribution in [0.5, 0.6) is 0 Å². The van der Waals surface area contributed by atoms with Crippen molar-refractivity contribution in [2.45, 2.75) is 0 Å². The Kier molecular flexibility index (Phi) is 9.18. The molecule has 0 amide bonds. The van der Waals surface area contributed by atoms with Crippen LogP contribution in [0, 0.1) is 0 Å². The predicted octanol–water partition coefficient (Wildman–Crippen LogP) is 1.88. The first-order valence-electron chi connectivity index (χ1n) is 6.17. The molecule has 0 aliphatic rings. The molecule has 0 aliphatic heterocycles. The molecule has 8 nitrogen and oxygen atoms in total. The number of aromatic carboxylic acids is 3. The molecule has 3 N–H and O–H groups in total. The first-order chi connectivity index (χ1) is 11.3. The minimum Gasteiger partial charge on any atom is -0.478 e. The van der Waals surface area contributed by atoms with Gasteiger partial charge in [-0.05, 0) is 36.4 Å². The van der Waals surface area contributed by atoms with Crippen molar-refractivity contribution in [2.24, 2.45) is 0 Å². The van der Waals surface area contributed by atoms with Crippen LogP contribution in [0.25, 0.3) is 0 Å². The molecule has 0 bridgehead atoms. The van der Waals surface area contributed by atoms with Crippen molar-refractivity contribution in [2.75, 3.05) is 0 Å². The number of carbonyl (C=O) groups is 3. The number of rotatable bonds is 3. The van der Waals surface area contributed by atoms with Crippen molar-refractivity contribution in [1.82, 2.24) is 0 Å². The molecule has 0 atom stereocenters. The average Bonchev–Trinajstić information content (AvgIpc) is 2.57. The fourth-order valence-electron chi connectivity index (χ4n) is 1.34. The van der Waals surface area contributed by atoms with Gasteiger partial charge in [-0.2, -0.15) is 9.59 Å².